The molecule has 0 aliphatic carbocycles. The maximum Gasteiger partial charge on any atom is 0.261 e. The number of alkyl halides is 2. The highest BCUT2D eigenvalue weighted by Gasteiger charge is 2.43. The van der Waals surface area contributed by atoms with Crippen LogP contribution in [-0.2, 0) is 0 Å². The number of likely N-dealkylation sites (tertiary alicyclic amines) is 1. The highest BCUT2D eigenvalue weighted by atomic mass is 35.5. The molecule has 3 aromatic rings. The molecule has 1 aliphatic rings. The number of aromatic nitrogens is 1. The van der Waals surface area contributed by atoms with E-state index in [4.69, 9.17) is 16.9 Å². The van der Waals surface area contributed by atoms with Gasteiger partial charge in [-0.15, -0.1) is 0 Å². The summed E-state index contributed by atoms with van der Waals surface area (Å²) in [6, 6.07) is 17.0. The minimum Gasteiger partial charge on any atom is -0.386 e. The van der Waals surface area contributed by atoms with Gasteiger partial charge in [-0.1, -0.05) is 29.8 Å². The minimum atomic E-state index is -2.81. The van der Waals surface area contributed by atoms with Crippen molar-refractivity contribution in [2.45, 2.75) is 31.4 Å². The summed E-state index contributed by atoms with van der Waals surface area (Å²) in [6.45, 7) is 1.63. The number of rotatable bonds is 5. The third kappa shape index (κ3) is 4.66. The van der Waals surface area contributed by atoms with Gasteiger partial charge < -0.3 is 5.11 Å². The molecule has 1 aliphatic heterocycles. The highest BCUT2D eigenvalue weighted by Crippen LogP contribution is 2.42. The fraction of sp³-hybridized carbons (Fsp3) is 0.280. The summed E-state index contributed by atoms with van der Waals surface area (Å²) in [4.78, 5) is 6.09. The predicted octanol–water partition coefficient (Wildman–Crippen LogP) is 5.70. The van der Waals surface area contributed by atoms with Gasteiger partial charge in [-0.05, 0) is 54.4 Å². The van der Waals surface area contributed by atoms with Crippen LogP contribution in [0.25, 0.3) is 11.3 Å². The van der Waals surface area contributed by atoms with E-state index in [2.05, 4.69) is 11.1 Å². The van der Waals surface area contributed by atoms with Gasteiger partial charge in [-0.3, -0.25) is 9.88 Å². The number of pyridine rings is 1. The minimum absolute atomic E-state index is 0.153. The SMILES string of the molecule is Cc1cc(Cl)cc(-c2ncccc2[C@@H](O)[C@H](c2ccc(C#N)cc2)N2CCC(F)(F)C2)c1. The molecular formula is C25H22ClF2N3O. The van der Waals surface area contributed by atoms with Crippen LogP contribution in [0.2, 0.25) is 5.02 Å². The van der Waals surface area contributed by atoms with E-state index in [1.54, 1.807) is 53.6 Å². The smallest absolute Gasteiger partial charge is 0.261 e. The van der Waals surface area contributed by atoms with Crippen LogP contribution in [0.15, 0.2) is 60.8 Å². The van der Waals surface area contributed by atoms with Crippen molar-refractivity contribution in [2.24, 2.45) is 0 Å². The molecule has 2 aromatic carbocycles. The van der Waals surface area contributed by atoms with Gasteiger partial charge in [0.25, 0.3) is 5.92 Å². The molecule has 0 unspecified atom stereocenters. The number of nitriles is 1. The van der Waals surface area contributed by atoms with Crippen LogP contribution in [0.3, 0.4) is 0 Å². The summed E-state index contributed by atoms with van der Waals surface area (Å²) in [5, 5.41) is 21.2. The van der Waals surface area contributed by atoms with Crippen LogP contribution in [0.4, 0.5) is 8.78 Å². The van der Waals surface area contributed by atoms with Crippen molar-refractivity contribution in [3.63, 3.8) is 0 Å². The summed E-state index contributed by atoms with van der Waals surface area (Å²) in [5.74, 6) is -2.81. The molecule has 1 fully saturated rings. The number of aryl methyl sites for hydroxylation is 1. The second kappa shape index (κ2) is 8.95. The summed E-state index contributed by atoms with van der Waals surface area (Å²) >= 11 is 6.25. The Kier molecular flexibility index (Phi) is 6.25. The second-order valence-corrected chi connectivity index (χ2v) is 8.59. The van der Waals surface area contributed by atoms with Gasteiger partial charge in [0, 0.05) is 35.3 Å². The Labute approximate surface area is 190 Å². The second-order valence-electron chi connectivity index (χ2n) is 8.16. The highest BCUT2D eigenvalue weighted by molar-refractivity contribution is 6.30. The number of nitrogens with zero attached hydrogens (tertiary/aromatic N) is 3. The van der Waals surface area contributed by atoms with Crippen molar-refractivity contribution in [1.29, 1.82) is 5.26 Å². The van der Waals surface area contributed by atoms with Crippen LogP contribution in [0.5, 0.6) is 0 Å². The van der Waals surface area contributed by atoms with E-state index in [-0.39, 0.29) is 13.0 Å². The summed E-state index contributed by atoms with van der Waals surface area (Å²) in [5.41, 5.74) is 3.89. The van der Waals surface area contributed by atoms with Crippen molar-refractivity contribution in [1.82, 2.24) is 9.88 Å². The maximum atomic E-state index is 14.1. The zero-order valence-corrected chi connectivity index (χ0v) is 18.2. The van der Waals surface area contributed by atoms with Crippen LogP contribution in [-0.4, -0.2) is 34.0 Å². The largest absolute Gasteiger partial charge is 0.386 e. The number of benzene rings is 2. The average Bonchev–Trinajstić information content (AvgIpc) is 3.12. The Morgan fingerprint density at radius 3 is 2.56 bits per heavy atom. The number of hydrogen-bond acceptors (Lipinski definition) is 4. The molecule has 32 heavy (non-hydrogen) atoms. The third-order valence-corrected chi connectivity index (χ3v) is 5.96. The van der Waals surface area contributed by atoms with Gasteiger partial charge in [0.15, 0.2) is 0 Å². The standard InChI is InChI=1S/C25H22ClF2N3O/c1-16-11-19(13-20(26)12-16)22-21(3-2-9-30-22)24(32)23(31-10-8-25(27,28)15-31)18-6-4-17(14-29)5-7-18/h2-7,9,11-13,23-24,32H,8,10,15H2,1H3/t23-,24+/m0/s1. The lowest BCUT2D eigenvalue weighted by molar-refractivity contribution is -0.00689. The molecule has 7 heteroatoms. The Balaban J connectivity index is 1.79. The van der Waals surface area contributed by atoms with Gasteiger partial charge in [0.05, 0.1) is 29.9 Å². The molecule has 0 bridgehead atoms. The van der Waals surface area contributed by atoms with Crippen molar-refractivity contribution in [2.75, 3.05) is 13.1 Å². The summed E-state index contributed by atoms with van der Waals surface area (Å²) < 4.78 is 28.2. The van der Waals surface area contributed by atoms with Crippen molar-refractivity contribution >= 4 is 11.6 Å². The molecule has 2 atom stereocenters. The summed E-state index contributed by atoms with van der Waals surface area (Å²) in [7, 11) is 0. The lowest BCUT2D eigenvalue weighted by Gasteiger charge is -2.33. The van der Waals surface area contributed by atoms with Gasteiger partial charge in [0.1, 0.15) is 6.10 Å². The first kappa shape index (κ1) is 22.3. The van der Waals surface area contributed by atoms with Gasteiger partial charge >= 0.3 is 0 Å². The van der Waals surface area contributed by atoms with E-state index >= 15 is 0 Å². The Hall–Kier alpha value is -2.85. The molecule has 1 saturated heterocycles. The monoisotopic (exact) mass is 453 g/mol. The number of hydrogen-bond donors (Lipinski definition) is 1. The van der Waals surface area contributed by atoms with Crippen molar-refractivity contribution < 1.29 is 13.9 Å². The fourth-order valence-electron chi connectivity index (χ4n) is 4.29. The molecule has 164 valence electrons. The van der Waals surface area contributed by atoms with Gasteiger partial charge in [0.2, 0.25) is 0 Å². The third-order valence-electron chi connectivity index (χ3n) is 5.75. The lowest BCUT2D eigenvalue weighted by Crippen LogP contribution is -2.33. The zero-order valence-electron chi connectivity index (χ0n) is 17.5. The van der Waals surface area contributed by atoms with E-state index in [0.29, 0.717) is 27.4 Å². The average molecular weight is 454 g/mol. The van der Waals surface area contributed by atoms with Crippen LogP contribution in [0, 0.1) is 18.3 Å². The first-order chi connectivity index (χ1) is 15.3. The van der Waals surface area contributed by atoms with E-state index in [1.165, 1.54) is 0 Å². The Morgan fingerprint density at radius 2 is 1.94 bits per heavy atom. The molecular weight excluding hydrogens is 432 g/mol. The number of aliphatic hydroxyl groups is 1. The van der Waals surface area contributed by atoms with Crippen molar-refractivity contribution in [3.05, 3.63) is 88.1 Å². The zero-order chi connectivity index (χ0) is 22.9. The first-order valence-electron chi connectivity index (χ1n) is 10.3. The Morgan fingerprint density at radius 1 is 1.19 bits per heavy atom. The first-order valence-corrected chi connectivity index (χ1v) is 10.7. The molecule has 1 N–H and O–H groups in total. The number of aliphatic hydroxyl groups excluding tert-OH is 1. The fourth-order valence-corrected chi connectivity index (χ4v) is 4.58. The predicted molar refractivity (Wildman–Crippen MR) is 119 cm³/mol. The molecule has 0 saturated carbocycles. The molecule has 0 spiro atoms. The maximum absolute atomic E-state index is 14.1. The molecule has 4 rings (SSSR count). The van der Waals surface area contributed by atoms with E-state index in [1.807, 2.05) is 19.1 Å². The van der Waals surface area contributed by atoms with Crippen LogP contribution >= 0.6 is 11.6 Å². The molecule has 4 nitrogen and oxygen atoms in total. The van der Waals surface area contributed by atoms with Crippen LogP contribution < -0.4 is 0 Å². The van der Waals surface area contributed by atoms with Gasteiger partial charge in [-0.2, -0.15) is 5.26 Å². The number of halogens is 3. The molecule has 2 heterocycles. The quantitative estimate of drug-likeness (QED) is 0.538. The van der Waals surface area contributed by atoms with E-state index < -0.39 is 24.6 Å². The van der Waals surface area contributed by atoms with E-state index in [9.17, 15) is 13.9 Å². The lowest BCUT2D eigenvalue weighted by atomic mass is 9.91. The van der Waals surface area contributed by atoms with E-state index in [0.717, 1.165) is 11.1 Å². The molecule has 0 radical (unpaired) electrons. The summed E-state index contributed by atoms with van der Waals surface area (Å²) in [6.07, 6.45) is 0.238. The normalized spacial score (nSPS) is 17.6. The van der Waals surface area contributed by atoms with Gasteiger partial charge in [-0.25, -0.2) is 8.78 Å². The molecule has 1 aromatic heterocycles. The Bertz CT molecular complexity index is 1140. The van der Waals surface area contributed by atoms with Crippen LogP contribution in [0.1, 0.15) is 40.8 Å². The molecule has 0 amide bonds. The topological polar surface area (TPSA) is 60.2 Å². The van der Waals surface area contributed by atoms with Crippen molar-refractivity contribution in [3.8, 4) is 17.3 Å².